The predicted octanol–water partition coefficient (Wildman–Crippen LogP) is 2.70. The maximum atomic E-state index is 5.52. The van der Waals surface area contributed by atoms with E-state index in [4.69, 9.17) is 4.74 Å². The highest BCUT2D eigenvalue weighted by Crippen LogP contribution is 2.26. The van der Waals surface area contributed by atoms with Crippen molar-refractivity contribution in [2.24, 2.45) is 0 Å². The van der Waals surface area contributed by atoms with Gasteiger partial charge in [0.1, 0.15) is 5.75 Å². The number of fused-ring (bicyclic) bond motifs is 1. The summed E-state index contributed by atoms with van der Waals surface area (Å²) in [5.41, 5.74) is 2.87. The first-order valence-corrected chi connectivity index (χ1v) is 6.90. The minimum Gasteiger partial charge on any atom is -0.493 e. The van der Waals surface area contributed by atoms with E-state index < -0.39 is 0 Å². The number of benzene rings is 1. The smallest absolute Gasteiger partial charge is 0.122 e. The Bertz CT molecular complexity index is 385. The standard InChI is InChI=1S/C15H21NO/c1(2-9-16-14-5-6-14)3-12-4-7-15-13(11-12)8-10-17-15/h4,7,11,14,16H,1-3,5-6,8-10H2. The van der Waals surface area contributed by atoms with E-state index in [0.717, 1.165) is 24.8 Å². The molecule has 0 amide bonds. The molecule has 1 N–H and O–H groups in total. The maximum absolute atomic E-state index is 5.52. The molecule has 0 unspecified atom stereocenters. The van der Waals surface area contributed by atoms with Gasteiger partial charge >= 0.3 is 0 Å². The maximum Gasteiger partial charge on any atom is 0.122 e. The molecule has 17 heavy (non-hydrogen) atoms. The first kappa shape index (κ1) is 11.1. The molecule has 1 aliphatic carbocycles. The van der Waals surface area contributed by atoms with E-state index in [1.54, 1.807) is 0 Å². The number of rotatable bonds is 6. The second-order valence-electron chi connectivity index (χ2n) is 5.23. The van der Waals surface area contributed by atoms with Gasteiger partial charge in [0.15, 0.2) is 0 Å². The van der Waals surface area contributed by atoms with Gasteiger partial charge in [-0.05, 0) is 55.8 Å². The van der Waals surface area contributed by atoms with Crippen molar-refractivity contribution in [3.05, 3.63) is 29.3 Å². The number of nitrogens with one attached hydrogen (secondary N) is 1. The van der Waals surface area contributed by atoms with Crippen molar-refractivity contribution in [2.75, 3.05) is 13.2 Å². The van der Waals surface area contributed by atoms with Crippen LogP contribution in [0, 0.1) is 0 Å². The van der Waals surface area contributed by atoms with Crippen LogP contribution < -0.4 is 10.1 Å². The summed E-state index contributed by atoms with van der Waals surface area (Å²) in [6.45, 7) is 2.06. The van der Waals surface area contributed by atoms with Crippen LogP contribution in [0.15, 0.2) is 18.2 Å². The average Bonchev–Trinajstić information content (AvgIpc) is 3.05. The Morgan fingerprint density at radius 2 is 2.18 bits per heavy atom. The third-order valence-corrected chi connectivity index (χ3v) is 3.66. The summed E-state index contributed by atoms with van der Waals surface area (Å²) < 4.78 is 5.52. The summed E-state index contributed by atoms with van der Waals surface area (Å²) in [4.78, 5) is 0. The summed E-state index contributed by atoms with van der Waals surface area (Å²) in [6, 6.07) is 7.54. The zero-order valence-corrected chi connectivity index (χ0v) is 10.4. The van der Waals surface area contributed by atoms with Crippen molar-refractivity contribution in [1.29, 1.82) is 0 Å². The van der Waals surface area contributed by atoms with E-state index in [0.29, 0.717) is 0 Å². The first-order chi connectivity index (χ1) is 8.42. The first-order valence-electron chi connectivity index (χ1n) is 6.90. The lowest BCUT2D eigenvalue weighted by Gasteiger charge is -2.05. The zero-order chi connectivity index (χ0) is 11.5. The molecule has 92 valence electrons. The molecule has 1 saturated carbocycles. The third kappa shape index (κ3) is 3.01. The predicted molar refractivity (Wildman–Crippen MR) is 69.6 cm³/mol. The van der Waals surface area contributed by atoms with E-state index in [-0.39, 0.29) is 0 Å². The van der Waals surface area contributed by atoms with Crippen LogP contribution in [0.4, 0.5) is 0 Å². The Balaban J connectivity index is 1.41. The highest BCUT2D eigenvalue weighted by Gasteiger charge is 2.19. The Kier molecular flexibility index (Phi) is 3.32. The molecule has 0 saturated heterocycles. The molecule has 0 radical (unpaired) electrons. The summed E-state index contributed by atoms with van der Waals surface area (Å²) in [5, 5.41) is 3.56. The summed E-state index contributed by atoms with van der Waals surface area (Å²) in [7, 11) is 0. The number of aryl methyl sites for hydroxylation is 1. The van der Waals surface area contributed by atoms with Crippen molar-refractivity contribution in [2.45, 2.75) is 44.6 Å². The Morgan fingerprint density at radius 3 is 3.06 bits per heavy atom. The number of ether oxygens (including phenoxy) is 1. The Labute approximate surface area is 103 Å². The lowest BCUT2D eigenvalue weighted by Crippen LogP contribution is -2.17. The highest BCUT2D eigenvalue weighted by molar-refractivity contribution is 5.39. The highest BCUT2D eigenvalue weighted by atomic mass is 16.5. The third-order valence-electron chi connectivity index (χ3n) is 3.66. The Hall–Kier alpha value is -1.02. The van der Waals surface area contributed by atoms with Crippen molar-refractivity contribution in [3.8, 4) is 5.75 Å². The lowest BCUT2D eigenvalue weighted by molar-refractivity contribution is 0.357. The number of hydrogen-bond acceptors (Lipinski definition) is 2. The van der Waals surface area contributed by atoms with Gasteiger partial charge in [-0.1, -0.05) is 12.1 Å². The van der Waals surface area contributed by atoms with Gasteiger partial charge in [0.2, 0.25) is 0 Å². The lowest BCUT2D eigenvalue weighted by atomic mass is 10.0. The van der Waals surface area contributed by atoms with Crippen LogP contribution in [-0.4, -0.2) is 19.2 Å². The molecule has 2 heteroatoms. The molecule has 1 heterocycles. The van der Waals surface area contributed by atoms with Crippen molar-refractivity contribution >= 4 is 0 Å². The van der Waals surface area contributed by atoms with Crippen LogP contribution in [0.1, 0.15) is 36.8 Å². The van der Waals surface area contributed by atoms with Gasteiger partial charge in [-0.25, -0.2) is 0 Å². The van der Waals surface area contributed by atoms with E-state index in [2.05, 4.69) is 23.5 Å². The molecule has 1 fully saturated rings. The fraction of sp³-hybridized carbons (Fsp3) is 0.600. The van der Waals surface area contributed by atoms with Gasteiger partial charge in [0.05, 0.1) is 6.61 Å². The van der Waals surface area contributed by atoms with Gasteiger partial charge in [-0.15, -0.1) is 0 Å². The van der Waals surface area contributed by atoms with Gasteiger partial charge in [0, 0.05) is 12.5 Å². The van der Waals surface area contributed by atoms with Crippen molar-refractivity contribution in [3.63, 3.8) is 0 Å². The van der Waals surface area contributed by atoms with Gasteiger partial charge in [-0.2, -0.15) is 0 Å². The average molecular weight is 231 g/mol. The quantitative estimate of drug-likeness (QED) is 0.760. The molecule has 0 spiro atoms. The second kappa shape index (κ2) is 5.09. The topological polar surface area (TPSA) is 21.3 Å². The van der Waals surface area contributed by atoms with Crippen LogP contribution >= 0.6 is 0 Å². The minimum atomic E-state index is 0.854. The Morgan fingerprint density at radius 1 is 1.24 bits per heavy atom. The fourth-order valence-corrected chi connectivity index (χ4v) is 2.44. The van der Waals surface area contributed by atoms with E-state index in [1.165, 1.54) is 49.8 Å². The van der Waals surface area contributed by atoms with Gasteiger partial charge in [-0.3, -0.25) is 0 Å². The van der Waals surface area contributed by atoms with E-state index >= 15 is 0 Å². The van der Waals surface area contributed by atoms with Crippen molar-refractivity contribution in [1.82, 2.24) is 5.32 Å². The number of unbranched alkanes of at least 4 members (excludes halogenated alkanes) is 1. The van der Waals surface area contributed by atoms with Crippen LogP contribution in [0.25, 0.3) is 0 Å². The summed E-state index contributed by atoms with van der Waals surface area (Å²) in [6.07, 6.45) is 7.67. The van der Waals surface area contributed by atoms with Gasteiger partial charge < -0.3 is 10.1 Å². The molecule has 0 bridgehead atoms. The molecule has 0 atom stereocenters. The molecular weight excluding hydrogens is 210 g/mol. The van der Waals surface area contributed by atoms with E-state index in [9.17, 15) is 0 Å². The zero-order valence-electron chi connectivity index (χ0n) is 10.4. The molecule has 1 aromatic carbocycles. The van der Waals surface area contributed by atoms with Crippen LogP contribution in [-0.2, 0) is 12.8 Å². The molecule has 2 nitrogen and oxygen atoms in total. The monoisotopic (exact) mass is 231 g/mol. The fourth-order valence-electron chi connectivity index (χ4n) is 2.44. The number of hydrogen-bond donors (Lipinski definition) is 1. The van der Waals surface area contributed by atoms with Crippen molar-refractivity contribution < 1.29 is 4.74 Å². The second-order valence-corrected chi connectivity index (χ2v) is 5.23. The van der Waals surface area contributed by atoms with Gasteiger partial charge in [0.25, 0.3) is 0 Å². The largest absolute Gasteiger partial charge is 0.493 e. The summed E-state index contributed by atoms with van der Waals surface area (Å²) >= 11 is 0. The molecular formula is C15H21NO. The van der Waals surface area contributed by atoms with Crippen LogP contribution in [0.5, 0.6) is 5.75 Å². The summed E-state index contributed by atoms with van der Waals surface area (Å²) in [5.74, 6) is 1.10. The SMILES string of the molecule is c1cc2c(cc1CCCCNC1CC1)CCO2. The molecule has 0 aromatic heterocycles. The molecule has 2 aliphatic rings. The molecule has 1 aliphatic heterocycles. The minimum absolute atomic E-state index is 0.854. The van der Waals surface area contributed by atoms with Crippen LogP contribution in [0.2, 0.25) is 0 Å². The van der Waals surface area contributed by atoms with E-state index in [1.807, 2.05) is 0 Å². The molecule has 3 rings (SSSR count). The molecule has 1 aromatic rings. The normalized spacial score (nSPS) is 17.9. The van der Waals surface area contributed by atoms with Crippen LogP contribution in [0.3, 0.4) is 0 Å².